The fourth-order valence-corrected chi connectivity index (χ4v) is 2.91. The van der Waals surface area contributed by atoms with Crippen LogP contribution in [0.5, 0.6) is 0 Å². The van der Waals surface area contributed by atoms with Gasteiger partial charge in [-0.25, -0.2) is 0 Å². The highest BCUT2D eigenvalue weighted by atomic mass is 32.1. The molecule has 1 unspecified atom stereocenters. The molecule has 3 rings (SSSR count). The fourth-order valence-electron chi connectivity index (χ4n) is 2.23. The molecule has 0 saturated carbocycles. The van der Waals surface area contributed by atoms with Gasteiger partial charge in [0, 0.05) is 23.8 Å². The van der Waals surface area contributed by atoms with Crippen molar-refractivity contribution in [1.82, 2.24) is 4.98 Å². The predicted molar refractivity (Wildman–Crippen MR) is 76.7 cm³/mol. The van der Waals surface area contributed by atoms with Gasteiger partial charge in [-0.2, -0.15) is 11.3 Å². The lowest BCUT2D eigenvalue weighted by atomic mass is 9.97. The van der Waals surface area contributed by atoms with Crippen molar-refractivity contribution in [3.63, 3.8) is 0 Å². The van der Waals surface area contributed by atoms with E-state index in [-0.39, 0.29) is 6.04 Å². The van der Waals surface area contributed by atoms with E-state index in [0.29, 0.717) is 0 Å². The van der Waals surface area contributed by atoms with Gasteiger partial charge in [0.15, 0.2) is 0 Å². The van der Waals surface area contributed by atoms with Gasteiger partial charge in [0.2, 0.25) is 0 Å². The summed E-state index contributed by atoms with van der Waals surface area (Å²) in [7, 11) is 0. The van der Waals surface area contributed by atoms with Gasteiger partial charge in [0.05, 0.1) is 0 Å². The first kappa shape index (κ1) is 11.4. The van der Waals surface area contributed by atoms with E-state index in [0.717, 1.165) is 11.8 Å². The Morgan fingerprint density at radius 3 is 3.00 bits per heavy atom. The van der Waals surface area contributed by atoms with E-state index in [1.165, 1.54) is 16.5 Å². The van der Waals surface area contributed by atoms with Crippen LogP contribution in [-0.4, -0.2) is 4.98 Å². The Kier molecular flexibility index (Phi) is 3.09. The molecule has 1 atom stereocenters. The van der Waals surface area contributed by atoms with Crippen molar-refractivity contribution in [2.45, 2.75) is 12.5 Å². The van der Waals surface area contributed by atoms with Crippen LogP contribution >= 0.6 is 11.3 Å². The molecule has 2 nitrogen and oxygen atoms in total. The number of hydrogen-bond donors (Lipinski definition) is 1. The Bertz CT molecular complexity index is 641. The summed E-state index contributed by atoms with van der Waals surface area (Å²) in [6.45, 7) is 0. The summed E-state index contributed by atoms with van der Waals surface area (Å²) in [5.74, 6) is 0. The quantitative estimate of drug-likeness (QED) is 0.776. The maximum Gasteiger partial charge on any atom is 0.0349 e. The van der Waals surface area contributed by atoms with E-state index in [1.807, 2.05) is 18.5 Å². The first-order chi connectivity index (χ1) is 8.84. The van der Waals surface area contributed by atoms with Crippen molar-refractivity contribution in [2.24, 2.45) is 5.73 Å². The monoisotopic (exact) mass is 254 g/mol. The maximum absolute atomic E-state index is 6.33. The van der Waals surface area contributed by atoms with E-state index in [9.17, 15) is 0 Å². The summed E-state index contributed by atoms with van der Waals surface area (Å²) in [6, 6.07) is 10.4. The van der Waals surface area contributed by atoms with Crippen LogP contribution in [-0.2, 0) is 6.42 Å². The molecular weight excluding hydrogens is 240 g/mol. The van der Waals surface area contributed by atoms with Crippen molar-refractivity contribution in [3.05, 3.63) is 64.6 Å². The Hall–Kier alpha value is -1.71. The molecule has 0 amide bonds. The van der Waals surface area contributed by atoms with Gasteiger partial charge >= 0.3 is 0 Å². The molecule has 1 aromatic carbocycles. The fraction of sp³-hybridized carbons (Fsp3) is 0.133. The van der Waals surface area contributed by atoms with Crippen LogP contribution in [0.2, 0.25) is 0 Å². The van der Waals surface area contributed by atoms with Crippen LogP contribution in [0.15, 0.2) is 53.5 Å². The molecular formula is C15H14N2S. The van der Waals surface area contributed by atoms with Crippen LogP contribution in [0.4, 0.5) is 0 Å². The van der Waals surface area contributed by atoms with E-state index in [2.05, 4.69) is 40.0 Å². The van der Waals surface area contributed by atoms with Gasteiger partial charge in [-0.1, -0.05) is 18.2 Å². The lowest BCUT2D eigenvalue weighted by Gasteiger charge is -2.13. The molecule has 0 aliphatic heterocycles. The Morgan fingerprint density at radius 2 is 2.17 bits per heavy atom. The van der Waals surface area contributed by atoms with E-state index in [1.54, 1.807) is 11.3 Å². The zero-order valence-electron chi connectivity index (χ0n) is 9.91. The van der Waals surface area contributed by atoms with Crippen molar-refractivity contribution in [1.29, 1.82) is 0 Å². The number of rotatable bonds is 3. The van der Waals surface area contributed by atoms with Crippen molar-refractivity contribution < 1.29 is 0 Å². The maximum atomic E-state index is 6.33. The second-order valence-electron chi connectivity index (χ2n) is 4.39. The Morgan fingerprint density at radius 1 is 1.22 bits per heavy atom. The smallest absolute Gasteiger partial charge is 0.0349 e. The third kappa shape index (κ3) is 2.15. The molecule has 3 aromatic rings. The summed E-state index contributed by atoms with van der Waals surface area (Å²) >= 11 is 1.71. The molecule has 0 radical (unpaired) electrons. The lowest BCUT2D eigenvalue weighted by molar-refractivity contribution is 0.729. The zero-order chi connectivity index (χ0) is 12.4. The summed E-state index contributed by atoms with van der Waals surface area (Å²) in [5, 5.41) is 6.60. The van der Waals surface area contributed by atoms with Crippen LogP contribution in [0.3, 0.4) is 0 Å². The molecule has 0 fully saturated rings. The van der Waals surface area contributed by atoms with Crippen molar-refractivity contribution in [3.8, 4) is 0 Å². The average Bonchev–Trinajstić information content (AvgIpc) is 2.91. The van der Waals surface area contributed by atoms with Crippen molar-refractivity contribution in [2.75, 3.05) is 0 Å². The average molecular weight is 254 g/mol. The molecule has 2 aromatic heterocycles. The highest BCUT2D eigenvalue weighted by molar-refractivity contribution is 7.07. The summed E-state index contributed by atoms with van der Waals surface area (Å²) in [5.41, 5.74) is 8.80. The minimum Gasteiger partial charge on any atom is -0.324 e. The number of thiophene rings is 1. The summed E-state index contributed by atoms with van der Waals surface area (Å²) < 4.78 is 0. The van der Waals surface area contributed by atoms with Crippen LogP contribution < -0.4 is 5.73 Å². The molecule has 18 heavy (non-hydrogen) atoms. The third-order valence-corrected chi connectivity index (χ3v) is 3.88. The van der Waals surface area contributed by atoms with Gasteiger partial charge in [0.1, 0.15) is 0 Å². The third-order valence-electron chi connectivity index (χ3n) is 3.15. The number of pyridine rings is 1. The largest absolute Gasteiger partial charge is 0.324 e. The van der Waals surface area contributed by atoms with E-state index >= 15 is 0 Å². The molecule has 3 heteroatoms. The topological polar surface area (TPSA) is 38.9 Å². The van der Waals surface area contributed by atoms with Gasteiger partial charge in [-0.05, 0) is 45.8 Å². The molecule has 2 heterocycles. The molecule has 0 spiro atoms. The SMILES string of the molecule is NC(Cc1ccsc1)c1cccc2ccncc12. The number of hydrogen-bond acceptors (Lipinski definition) is 3. The standard InChI is InChI=1S/C15H14N2S/c16-15(8-11-5-7-18-10-11)13-3-1-2-12-4-6-17-9-14(12)13/h1-7,9-10,15H,8,16H2. The molecule has 0 aliphatic rings. The number of nitrogens with two attached hydrogens (primary N) is 1. The first-order valence-electron chi connectivity index (χ1n) is 5.94. The van der Waals surface area contributed by atoms with Gasteiger partial charge in [0.25, 0.3) is 0 Å². The molecule has 0 aliphatic carbocycles. The van der Waals surface area contributed by atoms with Gasteiger partial charge in [-0.3, -0.25) is 4.98 Å². The number of nitrogens with zero attached hydrogens (tertiary/aromatic N) is 1. The first-order valence-corrected chi connectivity index (χ1v) is 6.88. The number of fused-ring (bicyclic) bond motifs is 1. The molecule has 0 saturated heterocycles. The van der Waals surface area contributed by atoms with Crippen molar-refractivity contribution >= 4 is 22.1 Å². The number of benzene rings is 1. The van der Waals surface area contributed by atoms with Gasteiger partial charge in [-0.15, -0.1) is 0 Å². The summed E-state index contributed by atoms with van der Waals surface area (Å²) in [6.07, 6.45) is 4.59. The minimum atomic E-state index is 0.0208. The Labute approximate surface area is 110 Å². The molecule has 2 N–H and O–H groups in total. The number of aromatic nitrogens is 1. The molecule has 0 bridgehead atoms. The van der Waals surface area contributed by atoms with Crippen LogP contribution in [0, 0.1) is 0 Å². The van der Waals surface area contributed by atoms with E-state index < -0.39 is 0 Å². The molecule has 90 valence electrons. The second kappa shape index (κ2) is 4.88. The summed E-state index contributed by atoms with van der Waals surface area (Å²) in [4.78, 5) is 4.20. The minimum absolute atomic E-state index is 0.0208. The predicted octanol–water partition coefficient (Wildman–Crippen LogP) is 3.54. The zero-order valence-corrected chi connectivity index (χ0v) is 10.7. The highest BCUT2D eigenvalue weighted by Crippen LogP contribution is 2.25. The van der Waals surface area contributed by atoms with Gasteiger partial charge < -0.3 is 5.73 Å². The van der Waals surface area contributed by atoms with E-state index in [4.69, 9.17) is 5.73 Å². The van der Waals surface area contributed by atoms with Crippen LogP contribution in [0.25, 0.3) is 10.8 Å². The second-order valence-corrected chi connectivity index (χ2v) is 5.17. The normalized spacial score (nSPS) is 12.7. The highest BCUT2D eigenvalue weighted by Gasteiger charge is 2.10. The lowest BCUT2D eigenvalue weighted by Crippen LogP contribution is -2.13. The van der Waals surface area contributed by atoms with Crippen LogP contribution in [0.1, 0.15) is 17.2 Å². The Balaban J connectivity index is 1.98.